The van der Waals surface area contributed by atoms with Crippen LogP contribution in [0.15, 0.2) is 30.3 Å². The van der Waals surface area contributed by atoms with Gasteiger partial charge in [-0.2, -0.15) is 0 Å². The number of ether oxygens (including phenoxy) is 1. The minimum atomic E-state index is 0.284. The molecule has 0 radical (unpaired) electrons. The lowest BCUT2D eigenvalue weighted by Crippen LogP contribution is -2.37. The Balaban J connectivity index is 2.69. The summed E-state index contributed by atoms with van der Waals surface area (Å²) in [5.41, 5.74) is 1.30. The molecule has 1 rings (SSSR count). The zero-order valence-corrected chi connectivity index (χ0v) is 12.1. The van der Waals surface area contributed by atoms with Crippen molar-refractivity contribution in [2.45, 2.75) is 45.7 Å². The normalized spacial score (nSPS) is 14.7. The van der Waals surface area contributed by atoms with Crippen LogP contribution in [-0.4, -0.2) is 19.8 Å². The topological polar surface area (TPSA) is 21.3 Å². The lowest BCUT2D eigenvalue weighted by Gasteiger charge is -2.28. The van der Waals surface area contributed by atoms with Crippen molar-refractivity contribution in [1.82, 2.24) is 5.32 Å². The number of hydrogen-bond acceptors (Lipinski definition) is 2. The molecule has 0 aromatic heterocycles. The molecular formula is C16H27NO. The van der Waals surface area contributed by atoms with Gasteiger partial charge in [-0.15, -0.1) is 0 Å². The number of benzene rings is 1. The minimum Gasteiger partial charge on any atom is -0.383 e. The molecule has 1 N–H and O–H groups in total. The maximum atomic E-state index is 5.34. The summed E-state index contributed by atoms with van der Waals surface area (Å²) < 4.78 is 5.34. The Morgan fingerprint density at radius 3 is 2.22 bits per heavy atom. The van der Waals surface area contributed by atoms with Crippen LogP contribution < -0.4 is 5.32 Å². The van der Waals surface area contributed by atoms with E-state index in [1.165, 1.54) is 18.4 Å². The second kappa shape index (κ2) is 8.28. The van der Waals surface area contributed by atoms with E-state index in [4.69, 9.17) is 4.74 Å². The van der Waals surface area contributed by atoms with Crippen LogP contribution in [-0.2, 0) is 4.74 Å². The quantitative estimate of drug-likeness (QED) is 0.757. The van der Waals surface area contributed by atoms with Crippen molar-refractivity contribution in [2.24, 2.45) is 5.92 Å². The molecule has 0 bridgehead atoms. The third kappa shape index (κ3) is 4.43. The molecule has 0 heterocycles. The predicted molar refractivity (Wildman–Crippen MR) is 77.7 cm³/mol. The molecule has 0 saturated heterocycles. The Morgan fingerprint density at radius 2 is 1.72 bits per heavy atom. The fourth-order valence-corrected chi connectivity index (χ4v) is 2.54. The average Bonchev–Trinajstić information content (AvgIpc) is 2.40. The summed E-state index contributed by atoms with van der Waals surface area (Å²) in [6.45, 7) is 7.53. The van der Waals surface area contributed by atoms with Crippen LogP contribution in [0.25, 0.3) is 0 Å². The molecule has 102 valence electrons. The van der Waals surface area contributed by atoms with Crippen LogP contribution in [0.4, 0.5) is 0 Å². The summed E-state index contributed by atoms with van der Waals surface area (Å²) in [6, 6.07) is 11.3. The third-order valence-corrected chi connectivity index (χ3v) is 3.76. The second-order valence-electron chi connectivity index (χ2n) is 4.95. The van der Waals surface area contributed by atoms with Gasteiger partial charge in [0.25, 0.3) is 0 Å². The van der Waals surface area contributed by atoms with Gasteiger partial charge in [0, 0.05) is 13.2 Å². The largest absolute Gasteiger partial charge is 0.383 e. The van der Waals surface area contributed by atoms with Crippen molar-refractivity contribution in [2.75, 3.05) is 13.7 Å². The Kier molecular flexibility index (Phi) is 6.99. The first-order chi connectivity index (χ1) is 8.72. The average molecular weight is 249 g/mol. The van der Waals surface area contributed by atoms with Gasteiger partial charge in [-0.3, -0.25) is 0 Å². The molecule has 0 amide bonds. The fourth-order valence-electron chi connectivity index (χ4n) is 2.54. The maximum absolute atomic E-state index is 5.34. The molecule has 2 nitrogen and oxygen atoms in total. The van der Waals surface area contributed by atoms with Gasteiger partial charge in [-0.25, -0.2) is 0 Å². The van der Waals surface area contributed by atoms with E-state index < -0.39 is 0 Å². The van der Waals surface area contributed by atoms with Gasteiger partial charge in [-0.05, 0) is 18.4 Å². The summed E-state index contributed by atoms with van der Waals surface area (Å²) in [4.78, 5) is 0. The first-order valence-corrected chi connectivity index (χ1v) is 7.02. The Hall–Kier alpha value is -0.860. The second-order valence-corrected chi connectivity index (χ2v) is 4.95. The van der Waals surface area contributed by atoms with E-state index in [1.807, 2.05) is 0 Å². The molecule has 2 atom stereocenters. The van der Waals surface area contributed by atoms with Gasteiger partial charge in [0.15, 0.2) is 0 Å². The summed E-state index contributed by atoms with van der Waals surface area (Å²) in [5, 5.41) is 3.71. The Morgan fingerprint density at radius 1 is 1.11 bits per heavy atom. The number of methoxy groups -OCH3 is 1. The number of nitrogens with one attached hydrogen (secondary N) is 1. The monoisotopic (exact) mass is 249 g/mol. The third-order valence-electron chi connectivity index (χ3n) is 3.76. The van der Waals surface area contributed by atoms with Crippen LogP contribution in [0.1, 0.15) is 45.2 Å². The van der Waals surface area contributed by atoms with Crippen molar-refractivity contribution in [3.63, 3.8) is 0 Å². The molecule has 0 fully saturated rings. The highest BCUT2D eigenvalue weighted by molar-refractivity contribution is 5.19. The lowest BCUT2D eigenvalue weighted by atomic mass is 9.94. The van der Waals surface area contributed by atoms with Crippen LogP contribution in [0, 0.1) is 5.92 Å². The number of rotatable bonds is 8. The molecule has 0 saturated carbocycles. The predicted octanol–water partition coefficient (Wildman–Crippen LogP) is 3.79. The van der Waals surface area contributed by atoms with Crippen LogP contribution >= 0.6 is 0 Å². The summed E-state index contributed by atoms with van der Waals surface area (Å²) in [7, 11) is 1.76. The van der Waals surface area contributed by atoms with E-state index in [9.17, 15) is 0 Å². The first-order valence-electron chi connectivity index (χ1n) is 7.02. The fraction of sp³-hybridized carbons (Fsp3) is 0.625. The summed E-state index contributed by atoms with van der Waals surface area (Å²) >= 11 is 0. The van der Waals surface area contributed by atoms with E-state index in [1.54, 1.807) is 7.11 Å². The summed E-state index contributed by atoms with van der Waals surface area (Å²) in [6.07, 6.45) is 2.44. The van der Waals surface area contributed by atoms with E-state index >= 15 is 0 Å². The molecule has 2 unspecified atom stereocenters. The highest BCUT2D eigenvalue weighted by Crippen LogP contribution is 2.19. The smallest absolute Gasteiger partial charge is 0.0657 e. The highest BCUT2D eigenvalue weighted by Gasteiger charge is 2.18. The van der Waals surface area contributed by atoms with Crippen LogP contribution in [0.2, 0.25) is 0 Å². The van der Waals surface area contributed by atoms with E-state index in [2.05, 4.69) is 56.4 Å². The summed E-state index contributed by atoms with van der Waals surface area (Å²) in [5.74, 6) is 0.730. The van der Waals surface area contributed by atoms with Gasteiger partial charge >= 0.3 is 0 Å². The van der Waals surface area contributed by atoms with Gasteiger partial charge in [0.1, 0.15) is 0 Å². The molecule has 0 spiro atoms. The van der Waals surface area contributed by atoms with E-state index in [0.29, 0.717) is 12.6 Å². The molecule has 0 aliphatic rings. The molecule has 0 aliphatic heterocycles. The Bertz CT molecular complexity index is 308. The highest BCUT2D eigenvalue weighted by atomic mass is 16.5. The van der Waals surface area contributed by atoms with Crippen LogP contribution in [0.5, 0.6) is 0 Å². The van der Waals surface area contributed by atoms with Crippen molar-refractivity contribution in [1.29, 1.82) is 0 Å². The zero-order chi connectivity index (χ0) is 13.4. The van der Waals surface area contributed by atoms with E-state index in [0.717, 1.165) is 5.92 Å². The van der Waals surface area contributed by atoms with E-state index in [-0.39, 0.29) is 6.04 Å². The molecule has 18 heavy (non-hydrogen) atoms. The van der Waals surface area contributed by atoms with Gasteiger partial charge in [0.05, 0.1) is 12.6 Å². The van der Waals surface area contributed by atoms with Gasteiger partial charge < -0.3 is 10.1 Å². The molecule has 1 aromatic carbocycles. The van der Waals surface area contributed by atoms with Gasteiger partial charge in [0.2, 0.25) is 0 Å². The zero-order valence-electron chi connectivity index (χ0n) is 12.1. The Labute approximate surface area is 112 Å². The van der Waals surface area contributed by atoms with Crippen molar-refractivity contribution in [3.05, 3.63) is 35.9 Å². The molecular weight excluding hydrogens is 222 g/mol. The van der Waals surface area contributed by atoms with Crippen LogP contribution in [0.3, 0.4) is 0 Å². The number of hydrogen-bond donors (Lipinski definition) is 1. The van der Waals surface area contributed by atoms with Crippen molar-refractivity contribution >= 4 is 0 Å². The molecule has 1 aromatic rings. The van der Waals surface area contributed by atoms with Gasteiger partial charge in [-0.1, -0.05) is 57.0 Å². The maximum Gasteiger partial charge on any atom is 0.0657 e. The molecule has 2 heteroatoms. The molecule has 0 aliphatic carbocycles. The standard InChI is InChI=1S/C16H27NO/c1-5-14(6-2)13(3)17-16(12-18-4)15-10-8-7-9-11-15/h7-11,13-14,16-17H,5-6,12H2,1-4H3. The lowest BCUT2D eigenvalue weighted by molar-refractivity contribution is 0.154. The first kappa shape index (κ1) is 15.2. The minimum absolute atomic E-state index is 0.284. The van der Waals surface area contributed by atoms with Crippen molar-refractivity contribution in [3.8, 4) is 0 Å². The SMILES string of the molecule is CCC(CC)C(C)NC(COC)c1ccccc1. The van der Waals surface area contributed by atoms with Crippen molar-refractivity contribution < 1.29 is 4.74 Å².